The largest absolute Gasteiger partial charge is 0.352 e. The molecule has 0 aliphatic heterocycles. The number of amides is 1. The average molecular weight is 320 g/mol. The van der Waals surface area contributed by atoms with Crippen molar-refractivity contribution in [1.29, 1.82) is 0 Å². The average Bonchev–Trinajstić information content (AvgIpc) is 2.37. The van der Waals surface area contributed by atoms with Gasteiger partial charge in [-0.05, 0) is 31.7 Å². The van der Waals surface area contributed by atoms with E-state index in [1.807, 2.05) is 6.92 Å². The first-order valence-electron chi connectivity index (χ1n) is 5.82. The van der Waals surface area contributed by atoms with Gasteiger partial charge in [0.15, 0.2) is 0 Å². The molecule has 1 atom stereocenters. The zero-order chi connectivity index (χ0) is 14.4. The molecule has 1 unspecified atom stereocenters. The molecule has 0 spiro atoms. The topological polar surface area (TPSA) is 98.3 Å². The van der Waals surface area contributed by atoms with Crippen LogP contribution < -0.4 is 11.1 Å². The standard InChI is InChI=1S/C12H17N3O3S.ClH/c1-8(13)5-6-14-12(16)9-3-4-11(19-2)10(7-9)15(17)18;/h3-4,7-8H,5-6,13H2,1-2H3,(H,14,16);1H. The molecule has 0 saturated heterocycles. The lowest BCUT2D eigenvalue weighted by atomic mass is 10.2. The van der Waals surface area contributed by atoms with Gasteiger partial charge >= 0.3 is 0 Å². The third kappa shape index (κ3) is 5.36. The molecule has 8 heteroatoms. The van der Waals surface area contributed by atoms with E-state index in [9.17, 15) is 14.9 Å². The summed E-state index contributed by atoms with van der Waals surface area (Å²) in [6, 6.07) is 4.48. The molecule has 0 aromatic heterocycles. The SMILES string of the molecule is CSc1ccc(C(=O)NCCC(C)N)cc1[N+](=O)[O-].Cl. The van der Waals surface area contributed by atoms with Crippen LogP contribution in [0.25, 0.3) is 0 Å². The number of hydrogen-bond donors (Lipinski definition) is 2. The van der Waals surface area contributed by atoms with Crippen molar-refractivity contribution in [2.24, 2.45) is 5.73 Å². The minimum Gasteiger partial charge on any atom is -0.352 e. The van der Waals surface area contributed by atoms with Crippen molar-refractivity contribution in [3.63, 3.8) is 0 Å². The molecule has 112 valence electrons. The summed E-state index contributed by atoms with van der Waals surface area (Å²) < 4.78 is 0. The Morgan fingerprint density at radius 1 is 1.55 bits per heavy atom. The number of rotatable bonds is 6. The van der Waals surface area contributed by atoms with Crippen molar-refractivity contribution in [3.8, 4) is 0 Å². The number of hydrogen-bond acceptors (Lipinski definition) is 5. The Morgan fingerprint density at radius 2 is 2.20 bits per heavy atom. The van der Waals surface area contributed by atoms with Crippen molar-refractivity contribution >= 4 is 35.8 Å². The molecule has 0 heterocycles. The maximum atomic E-state index is 11.8. The van der Waals surface area contributed by atoms with Gasteiger partial charge in [-0.1, -0.05) is 0 Å². The Hall–Kier alpha value is -1.31. The van der Waals surface area contributed by atoms with Crippen molar-refractivity contribution < 1.29 is 9.72 Å². The summed E-state index contributed by atoms with van der Waals surface area (Å²) in [4.78, 5) is 22.8. The number of nitrogens with one attached hydrogen (secondary N) is 1. The fraction of sp³-hybridized carbons (Fsp3) is 0.417. The van der Waals surface area contributed by atoms with Gasteiger partial charge in [0.05, 0.1) is 9.82 Å². The van der Waals surface area contributed by atoms with Crippen LogP contribution in [0.2, 0.25) is 0 Å². The third-order valence-corrected chi connectivity index (χ3v) is 3.31. The lowest BCUT2D eigenvalue weighted by molar-refractivity contribution is -0.387. The number of nitro benzene ring substituents is 1. The molecule has 0 saturated carbocycles. The van der Waals surface area contributed by atoms with Crippen LogP contribution in [0.15, 0.2) is 23.1 Å². The fourth-order valence-electron chi connectivity index (χ4n) is 1.49. The molecule has 3 N–H and O–H groups in total. The van der Waals surface area contributed by atoms with Crippen LogP contribution in [-0.2, 0) is 0 Å². The molecular weight excluding hydrogens is 302 g/mol. The van der Waals surface area contributed by atoms with E-state index in [4.69, 9.17) is 5.73 Å². The molecule has 0 bridgehead atoms. The zero-order valence-electron chi connectivity index (χ0n) is 11.3. The first-order valence-corrected chi connectivity index (χ1v) is 7.04. The summed E-state index contributed by atoms with van der Waals surface area (Å²) in [5.41, 5.74) is 5.81. The number of carbonyl (C=O) groups excluding carboxylic acids is 1. The molecule has 1 aromatic carbocycles. The fourth-order valence-corrected chi connectivity index (χ4v) is 2.04. The Balaban J connectivity index is 0.00000361. The maximum absolute atomic E-state index is 11.8. The van der Waals surface area contributed by atoms with E-state index in [1.165, 1.54) is 17.8 Å². The molecule has 0 radical (unpaired) electrons. The highest BCUT2D eigenvalue weighted by Gasteiger charge is 2.16. The van der Waals surface area contributed by atoms with Crippen LogP contribution in [0, 0.1) is 10.1 Å². The summed E-state index contributed by atoms with van der Waals surface area (Å²) in [5, 5.41) is 13.6. The molecular formula is C12H18ClN3O3S. The second-order valence-corrected chi connectivity index (χ2v) is 5.01. The zero-order valence-corrected chi connectivity index (χ0v) is 12.9. The van der Waals surface area contributed by atoms with Gasteiger partial charge in [-0.25, -0.2) is 0 Å². The number of nitrogens with two attached hydrogens (primary N) is 1. The number of nitro groups is 1. The number of halogens is 1. The van der Waals surface area contributed by atoms with E-state index in [0.717, 1.165) is 0 Å². The predicted molar refractivity (Wildman–Crippen MR) is 82.7 cm³/mol. The number of thioether (sulfide) groups is 1. The van der Waals surface area contributed by atoms with Gasteiger partial charge in [0.2, 0.25) is 0 Å². The van der Waals surface area contributed by atoms with Gasteiger partial charge in [-0.3, -0.25) is 14.9 Å². The van der Waals surface area contributed by atoms with Crippen LogP contribution in [0.1, 0.15) is 23.7 Å². The second-order valence-electron chi connectivity index (χ2n) is 4.17. The van der Waals surface area contributed by atoms with E-state index in [-0.39, 0.29) is 35.6 Å². The van der Waals surface area contributed by atoms with Crippen LogP contribution in [0.4, 0.5) is 5.69 Å². The van der Waals surface area contributed by atoms with Gasteiger partial charge < -0.3 is 11.1 Å². The van der Waals surface area contributed by atoms with Crippen molar-refractivity contribution in [3.05, 3.63) is 33.9 Å². The maximum Gasteiger partial charge on any atom is 0.283 e. The summed E-state index contributed by atoms with van der Waals surface area (Å²) in [6.07, 6.45) is 2.42. The normalized spacial score (nSPS) is 11.3. The minimum absolute atomic E-state index is 0. The van der Waals surface area contributed by atoms with Gasteiger partial charge in [-0.2, -0.15) is 0 Å². The minimum atomic E-state index is -0.482. The Bertz CT molecular complexity index is 483. The van der Waals surface area contributed by atoms with E-state index in [1.54, 1.807) is 18.4 Å². The lowest BCUT2D eigenvalue weighted by Gasteiger charge is -2.08. The summed E-state index contributed by atoms with van der Waals surface area (Å²) >= 11 is 1.28. The highest BCUT2D eigenvalue weighted by molar-refractivity contribution is 7.98. The molecule has 0 aliphatic carbocycles. The molecule has 1 aromatic rings. The molecule has 0 fully saturated rings. The summed E-state index contributed by atoms with van der Waals surface area (Å²) in [6.45, 7) is 2.30. The number of benzene rings is 1. The summed E-state index contributed by atoms with van der Waals surface area (Å²) in [5.74, 6) is -0.323. The second kappa shape index (κ2) is 8.78. The molecule has 0 aliphatic rings. The Morgan fingerprint density at radius 3 is 2.70 bits per heavy atom. The van der Waals surface area contributed by atoms with E-state index in [0.29, 0.717) is 17.9 Å². The van der Waals surface area contributed by atoms with Gasteiger partial charge in [0, 0.05) is 24.2 Å². The predicted octanol–water partition coefficient (Wildman–Crippen LogP) is 2.21. The summed E-state index contributed by atoms with van der Waals surface area (Å²) in [7, 11) is 0. The van der Waals surface area contributed by atoms with Crippen LogP contribution in [0.3, 0.4) is 0 Å². The first-order chi connectivity index (χ1) is 8.95. The highest BCUT2D eigenvalue weighted by atomic mass is 35.5. The van der Waals surface area contributed by atoms with Crippen LogP contribution >= 0.6 is 24.2 Å². The molecule has 1 rings (SSSR count). The van der Waals surface area contributed by atoms with Crippen LogP contribution in [0.5, 0.6) is 0 Å². The quantitative estimate of drug-likeness (QED) is 0.476. The van der Waals surface area contributed by atoms with Crippen LogP contribution in [-0.4, -0.2) is 29.7 Å². The smallest absolute Gasteiger partial charge is 0.283 e. The Labute approximate surface area is 128 Å². The lowest BCUT2D eigenvalue weighted by Crippen LogP contribution is -2.28. The first kappa shape index (κ1) is 18.7. The van der Waals surface area contributed by atoms with Gasteiger partial charge in [0.1, 0.15) is 0 Å². The van der Waals surface area contributed by atoms with E-state index in [2.05, 4.69) is 5.32 Å². The Kier molecular flexibility index (Phi) is 8.21. The van der Waals surface area contributed by atoms with E-state index < -0.39 is 4.92 Å². The molecule has 6 nitrogen and oxygen atoms in total. The highest BCUT2D eigenvalue weighted by Crippen LogP contribution is 2.28. The van der Waals surface area contributed by atoms with Crippen molar-refractivity contribution in [2.45, 2.75) is 24.3 Å². The van der Waals surface area contributed by atoms with E-state index >= 15 is 0 Å². The monoisotopic (exact) mass is 319 g/mol. The van der Waals surface area contributed by atoms with Gasteiger partial charge in [-0.15, -0.1) is 24.2 Å². The van der Waals surface area contributed by atoms with Crippen molar-refractivity contribution in [2.75, 3.05) is 12.8 Å². The molecule has 20 heavy (non-hydrogen) atoms. The number of nitrogens with zero attached hydrogens (tertiary/aromatic N) is 1. The van der Waals surface area contributed by atoms with Crippen molar-refractivity contribution in [1.82, 2.24) is 5.32 Å². The number of carbonyl (C=O) groups is 1. The molecule has 1 amide bonds. The third-order valence-electron chi connectivity index (χ3n) is 2.52. The van der Waals surface area contributed by atoms with Gasteiger partial charge in [0.25, 0.3) is 11.6 Å².